The van der Waals surface area contributed by atoms with E-state index in [1.807, 2.05) is 18.2 Å². The van der Waals surface area contributed by atoms with E-state index >= 15 is 0 Å². The minimum Gasteiger partial charge on any atom is -0.493 e. The number of para-hydroxylation sites is 1. The minimum absolute atomic E-state index is 0.218. The fourth-order valence-electron chi connectivity index (χ4n) is 2.03. The Bertz CT molecular complexity index is 549. The monoisotopic (exact) mass is 270 g/mol. The molecule has 0 bridgehead atoms. The van der Waals surface area contributed by atoms with Gasteiger partial charge in [-0.25, -0.2) is 4.79 Å². The lowest BCUT2D eigenvalue weighted by Crippen LogP contribution is -2.04. The van der Waals surface area contributed by atoms with Crippen LogP contribution in [0.3, 0.4) is 0 Å². The fourth-order valence-corrected chi connectivity index (χ4v) is 2.03. The summed E-state index contributed by atoms with van der Waals surface area (Å²) in [6, 6.07) is 17.0. The summed E-state index contributed by atoms with van der Waals surface area (Å²) in [7, 11) is 0. The van der Waals surface area contributed by atoms with Crippen LogP contribution in [0.25, 0.3) is 0 Å². The summed E-state index contributed by atoms with van der Waals surface area (Å²) >= 11 is 0. The molecular formula is C17H18O3. The largest absolute Gasteiger partial charge is 0.493 e. The molecule has 0 aliphatic carbocycles. The summed E-state index contributed by atoms with van der Waals surface area (Å²) < 4.78 is 5.56. The van der Waals surface area contributed by atoms with Gasteiger partial charge in [0.2, 0.25) is 0 Å². The van der Waals surface area contributed by atoms with Gasteiger partial charge in [-0.1, -0.05) is 42.5 Å². The predicted molar refractivity (Wildman–Crippen MR) is 78.3 cm³/mol. The average molecular weight is 270 g/mol. The summed E-state index contributed by atoms with van der Waals surface area (Å²) in [5, 5.41) is 9.04. The second kappa shape index (κ2) is 7.34. The summed E-state index contributed by atoms with van der Waals surface area (Å²) in [5.74, 6) is -0.510. The Labute approximate surface area is 118 Å². The van der Waals surface area contributed by atoms with E-state index in [9.17, 15) is 4.79 Å². The zero-order chi connectivity index (χ0) is 14.2. The van der Waals surface area contributed by atoms with Crippen LogP contribution in [-0.4, -0.2) is 17.7 Å². The van der Waals surface area contributed by atoms with Crippen molar-refractivity contribution in [2.24, 2.45) is 0 Å². The molecule has 0 aliphatic rings. The molecule has 2 rings (SSSR count). The molecule has 3 nitrogen and oxygen atoms in total. The van der Waals surface area contributed by atoms with Crippen LogP contribution in [0, 0.1) is 0 Å². The number of hydrogen-bond acceptors (Lipinski definition) is 2. The highest BCUT2D eigenvalue weighted by Crippen LogP contribution is 2.18. The summed E-state index contributed by atoms with van der Waals surface area (Å²) in [6.07, 6.45) is 2.95. The SMILES string of the molecule is O=C(O)c1ccccc1OCCCCc1ccccc1. The molecule has 0 saturated carbocycles. The molecule has 0 radical (unpaired) electrons. The molecule has 1 N–H and O–H groups in total. The van der Waals surface area contributed by atoms with Gasteiger partial charge < -0.3 is 9.84 Å². The van der Waals surface area contributed by atoms with Crippen molar-refractivity contribution >= 4 is 5.97 Å². The van der Waals surface area contributed by atoms with E-state index in [1.165, 1.54) is 5.56 Å². The molecule has 2 aromatic rings. The zero-order valence-electron chi connectivity index (χ0n) is 11.3. The Morgan fingerprint density at radius 2 is 1.65 bits per heavy atom. The first-order valence-electron chi connectivity index (χ1n) is 6.76. The first-order chi connectivity index (χ1) is 9.77. The standard InChI is InChI=1S/C17H18O3/c18-17(19)15-11-4-5-12-16(15)20-13-7-6-10-14-8-2-1-3-9-14/h1-5,8-9,11-12H,6-7,10,13H2,(H,18,19). The Balaban J connectivity index is 1.75. The lowest BCUT2D eigenvalue weighted by molar-refractivity contribution is 0.0692. The first kappa shape index (κ1) is 14.1. The maximum absolute atomic E-state index is 11.0. The van der Waals surface area contributed by atoms with Gasteiger partial charge in [-0.3, -0.25) is 0 Å². The number of rotatable bonds is 7. The number of benzene rings is 2. The quantitative estimate of drug-likeness (QED) is 0.779. The molecule has 20 heavy (non-hydrogen) atoms. The van der Waals surface area contributed by atoms with Crippen LogP contribution in [-0.2, 0) is 6.42 Å². The van der Waals surface area contributed by atoms with Crippen molar-refractivity contribution in [3.63, 3.8) is 0 Å². The van der Waals surface area contributed by atoms with E-state index < -0.39 is 5.97 Å². The van der Waals surface area contributed by atoms with E-state index in [0.29, 0.717) is 12.4 Å². The highest BCUT2D eigenvalue weighted by Gasteiger charge is 2.09. The Hall–Kier alpha value is -2.29. The number of aromatic carboxylic acids is 1. The molecule has 0 saturated heterocycles. The molecule has 0 fully saturated rings. The van der Waals surface area contributed by atoms with Crippen molar-refractivity contribution in [3.8, 4) is 5.75 Å². The molecule has 0 atom stereocenters. The second-order valence-electron chi connectivity index (χ2n) is 4.59. The van der Waals surface area contributed by atoms with Crippen molar-refractivity contribution in [2.45, 2.75) is 19.3 Å². The molecule has 2 aromatic carbocycles. The number of carbonyl (C=O) groups is 1. The van der Waals surface area contributed by atoms with Crippen molar-refractivity contribution in [3.05, 3.63) is 65.7 Å². The molecule has 3 heteroatoms. The third-order valence-corrected chi connectivity index (χ3v) is 3.08. The molecule has 0 heterocycles. The summed E-state index contributed by atoms with van der Waals surface area (Å²) in [4.78, 5) is 11.0. The van der Waals surface area contributed by atoms with E-state index in [4.69, 9.17) is 9.84 Å². The second-order valence-corrected chi connectivity index (χ2v) is 4.59. The number of unbranched alkanes of at least 4 members (excludes halogenated alkanes) is 1. The van der Waals surface area contributed by atoms with Gasteiger partial charge in [0.15, 0.2) is 0 Å². The van der Waals surface area contributed by atoms with E-state index in [2.05, 4.69) is 12.1 Å². The Morgan fingerprint density at radius 3 is 2.40 bits per heavy atom. The molecule has 0 spiro atoms. The van der Waals surface area contributed by atoms with Crippen LogP contribution < -0.4 is 4.74 Å². The van der Waals surface area contributed by atoms with Crippen LogP contribution in [0.1, 0.15) is 28.8 Å². The van der Waals surface area contributed by atoms with Crippen LogP contribution in [0.5, 0.6) is 5.75 Å². The Morgan fingerprint density at radius 1 is 0.950 bits per heavy atom. The van der Waals surface area contributed by atoms with Gasteiger partial charge in [0.25, 0.3) is 0 Å². The van der Waals surface area contributed by atoms with Gasteiger partial charge in [0, 0.05) is 0 Å². The first-order valence-corrected chi connectivity index (χ1v) is 6.76. The summed E-state index contributed by atoms with van der Waals surface area (Å²) in [5.41, 5.74) is 1.54. The lowest BCUT2D eigenvalue weighted by atomic mass is 10.1. The zero-order valence-corrected chi connectivity index (χ0v) is 11.3. The third kappa shape index (κ3) is 4.12. The molecular weight excluding hydrogens is 252 g/mol. The van der Waals surface area contributed by atoms with E-state index in [0.717, 1.165) is 19.3 Å². The van der Waals surface area contributed by atoms with Gasteiger partial charge in [0.05, 0.1) is 6.61 Å². The van der Waals surface area contributed by atoms with Gasteiger partial charge in [-0.05, 0) is 37.0 Å². The van der Waals surface area contributed by atoms with Crippen LogP contribution in [0.2, 0.25) is 0 Å². The predicted octanol–water partition coefficient (Wildman–Crippen LogP) is 3.79. The van der Waals surface area contributed by atoms with Gasteiger partial charge >= 0.3 is 5.97 Å². The maximum atomic E-state index is 11.0. The van der Waals surface area contributed by atoms with Crippen LogP contribution in [0.15, 0.2) is 54.6 Å². The van der Waals surface area contributed by atoms with E-state index in [-0.39, 0.29) is 5.56 Å². The topological polar surface area (TPSA) is 46.5 Å². The number of carboxylic acid groups (broad SMARTS) is 1. The van der Waals surface area contributed by atoms with Gasteiger partial charge in [0.1, 0.15) is 11.3 Å². The van der Waals surface area contributed by atoms with Gasteiger partial charge in [-0.15, -0.1) is 0 Å². The van der Waals surface area contributed by atoms with Crippen LogP contribution in [0.4, 0.5) is 0 Å². The van der Waals surface area contributed by atoms with Crippen molar-refractivity contribution in [2.75, 3.05) is 6.61 Å². The van der Waals surface area contributed by atoms with Crippen molar-refractivity contribution < 1.29 is 14.6 Å². The molecule has 0 amide bonds. The lowest BCUT2D eigenvalue weighted by Gasteiger charge is -2.08. The number of hydrogen-bond donors (Lipinski definition) is 1. The maximum Gasteiger partial charge on any atom is 0.339 e. The molecule has 0 aromatic heterocycles. The Kier molecular flexibility index (Phi) is 5.18. The van der Waals surface area contributed by atoms with Gasteiger partial charge in [-0.2, -0.15) is 0 Å². The van der Waals surface area contributed by atoms with Crippen LogP contribution >= 0.6 is 0 Å². The third-order valence-electron chi connectivity index (χ3n) is 3.08. The molecule has 0 unspecified atom stereocenters. The minimum atomic E-state index is -0.954. The van der Waals surface area contributed by atoms with Crippen molar-refractivity contribution in [1.82, 2.24) is 0 Å². The number of ether oxygens (including phenoxy) is 1. The fraction of sp³-hybridized carbons (Fsp3) is 0.235. The number of aryl methyl sites for hydroxylation is 1. The summed E-state index contributed by atoms with van der Waals surface area (Å²) in [6.45, 7) is 0.539. The van der Waals surface area contributed by atoms with Crippen molar-refractivity contribution in [1.29, 1.82) is 0 Å². The average Bonchev–Trinajstić information content (AvgIpc) is 2.48. The number of carboxylic acids is 1. The highest BCUT2D eigenvalue weighted by atomic mass is 16.5. The highest BCUT2D eigenvalue weighted by molar-refractivity contribution is 5.90. The smallest absolute Gasteiger partial charge is 0.339 e. The normalized spacial score (nSPS) is 10.2. The molecule has 0 aliphatic heterocycles. The van der Waals surface area contributed by atoms with E-state index in [1.54, 1.807) is 24.3 Å². The molecule has 104 valence electrons.